The van der Waals surface area contributed by atoms with Crippen LogP contribution in [0.5, 0.6) is 5.75 Å². The van der Waals surface area contributed by atoms with E-state index >= 15 is 0 Å². The SMILES string of the molecule is CCC(C)c1cc(OCc2ccccc2)ccc1CO. The Hall–Kier alpha value is -1.80. The minimum atomic E-state index is 0.0820. The lowest BCUT2D eigenvalue weighted by molar-refractivity contribution is 0.278. The molecular weight excluding hydrogens is 248 g/mol. The second-order valence-corrected chi connectivity index (χ2v) is 5.10. The van der Waals surface area contributed by atoms with Crippen LogP contribution in [0, 0.1) is 0 Å². The molecule has 0 saturated heterocycles. The predicted octanol–water partition coefficient (Wildman–Crippen LogP) is 4.27. The Balaban J connectivity index is 2.12. The van der Waals surface area contributed by atoms with E-state index in [1.807, 2.05) is 30.3 Å². The maximum Gasteiger partial charge on any atom is 0.120 e. The molecule has 0 aliphatic rings. The standard InChI is InChI=1S/C18H22O2/c1-3-14(2)18-11-17(10-9-16(18)12-19)20-13-15-7-5-4-6-8-15/h4-11,14,19H,3,12-13H2,1-2H3. The summed E-state index contributed by atoms with van der Waals surface area (Å²) in [7, 11) is 0. The molecule has 1 unspecified atom stereocenters. The molecule has 0 spiro atoms. The monoisotopic (exact) mass is 270 g/mol. The molecule has 2 aromatic rings. The summed E-state index contributed by atoms with van der Waals surface area (Å²) < 4.78 is 5.85. The summed E-state index contributed by atoms with van der Waals surface area (Å²) >= 11 is 0. The van der Waals surface area contributed by atoms with Gasteiger partial charge in [-0.1, -0.05) is 50.2 Å². The zero-order chi connectivity index (χ0) is 14.4. The third-order valence-corrected chi connectivity index (χ3v) is 3.68. The van der Waals surface area contributed by atoms with Crippen molar-refractivity contribution in [1.82, 2.24) is 0 Å². The molecule has 1 N–H and O–H groups in total. The summed E-state index contributed by atoms with van der Waals surface area (Å²) in [5.74, 6) is 1.29. The highest BCUT2D eigenvalue weighted by Crippen LogP contribution is 2.27. The van der Waals surface area contributed by atoms with Crippen LogP contribution in [0.25, 0.3) is 0 Å². The van der Waals surface area contributed by atoms with Crippen LogP contribution in [0.15, 0.2) is 48.5 Å². The van der Waals surface area contributed by atoms with Crippen LogP contribution in [0.2, 0.25) is 0 Å². The Morgan fingerprint density at radius 1 is 1.10 bits per heavy atom. The fourth-order valence-electron chi connectivity index (χ4n) is 2.23. The number of rotatable bonds is 6. The van der Waals surface area contributed by atoms with Crippen LogP contribution in [0.3, 0.4) is 0 Å². The van der Waals surface area contributed by atoms with Gasteiger partial charge in [-0.2, -0.15) is 0 Å². The van der Waals surface area contributed by atoms with Gasteiger partial charge in [-0.15, -0.1) is 0 Å². The van der Waals surface area contributed by atoms with E-state index in [4.69, 9.17) is 4.74 Å². The summed E-state index contributed by atoms with van der Waals surface area (Å²) in [6.45, 7) is 4.98. The fourth-order valence-corrected chi connectivity index (χ4v) is 2.23. The van der Waals surface area contributed by atoms with E-state index in [9.17, 15) is 5.11 Å². The Morgan fingerprint density at radius 3 is 2.50 bits per heavy atom. The van der Waals surface area contributed by atoms with Gasteiger partial charge in [0.25, 0.3) is 0 Å². The lowest BCUT2D eigenvalue weighted by atomic mass is 9.94. The summed E-state index contributed by atoms with van der Waals surface area (Å²) in [4.78, 5) is 0. The average molecular weight is 270 g/mol. The summed E-state index contributed by atoms with van der Waals surface area (Å²) in [5, 5.41) is 9.42. The third kappa shape index (κ3) is 3.61. The van der Waals surface area contributed by atoms with Gasteiger partial charge in [-0.25, -0.2) is 0 Å². The molecule has 1 atom stereocenters. The Kier molecular flexibility index (Phi) is 5.19. The molecule has 2 heteroatoms. The zero-order valence-corrected chi connectivity index (χ0v) is 12.2. The smallest absolute Gasteiger partial charge is 0.120 e. The molecule has 0 aliphatic heterocycles. The largest absolute Gasteiger partial charge is 0.489 e. The normalized spacial score (nSPS) is 12.2. The molecule has 2 rings (SSSR count). The van der Waals surface area contributed by atoms with Crippen molar-refractivity contribution in [2.24, 2.45) is 0 Å². The van der Waals surface area contributed by atoms with E-state index in [1.165, 1.54) is 5.56 Å². The predicted molar refractivity (Wildman–Crippen MR) is 81.8 cm³/mol. The number of aliphatic hydroxyl groups is 1. The molecule has 2 nitrogen and oxygen atoms in total. The minimum absolute atomic E-state index is 0.0820. The summed E-state index contributed by atoms with van der Waals surface area (Å²) in [5.41, 5.74) is 3.33. The van der Waals surface area contributed by atoms with Crippen molar-refractivity contribution in [3.05, 3.63) is 65.2 Å². The Morgan fingerprint density at radius 2 is 1.85 bits per heavy atom. The van der Waals surface area contributed by atoms with Crippen LogP contribution < -0.4 is 4.74 Å². The van der Waals surface area contributed by atoms with Crippen LogP contribution in [-0.4, -0.2) is 5.11 Å². The molecule has 0 radical (unpaired) electrons. The first-order valence-corrected chi connectivity index (χ1v) is 7.15. The number of aliphatic hydroxyl groups excluding tert-OH is 1. The molecule has 106 valence electrons. The number of hydrogen-bond donors (Lipinski definition) is 1. The van der Waals surface area contributed by atoms with Gasteiger partial charge in [-0.05, 0) is 41.2 Å². The second kappa shape index (κ2) is 7.11. The zero-order valence-electron chi connectivity index (χ0n) is 12.2. The van der Waals surface area contributed by atoms with Gasteiger partial charge in [-0.3, -0.25) is 0 Å². The maximum atomic E-state index is 9.42. The first-order valence-electron chi connectivity index (χ1n) is 7.15. The summed E-state index contributed by atoms with van der Waals surface area (Å²) in [6.07, 6.45) is 1.05. The van der Waals surface area contributed by atoms with E-state index in [0.717, 1.165) is 23.3 Å². The van der Waals surface area contributed by atoms with Gasteiger partial charge in [0.2, 0.25) is 0 Å². The van der Waals surface area contributed by atoms with Crippen LogP contribution in [-0.2, 0) is 13.2 Å². The highest BCUT2D eigenvalue weighted by atomic mass is 16.5. The minimum Gasteiger partial charge on any atom is -0.489 e. The van der Waals surface area contributed by atoms with Crippen molar-refractivity contribution in [1.29, 1.82) is 0 Å². The van der Waals surface area contributed by atoms with Crippen molar-refractivity contribution in [3.63, 3.8) is 0 Å². The highest BCUT2D eigenvalue weighted by Gasteiger charge is 2.10. The number of ether oxygens (including phenoxy) is 1. The van der Waals surface area contributed by atoms with Crippen LogP contribution in [0.4, 0.5) is 0 Å². The van der Waals surface area contributed by atoms with Crippen molar-refractivity contribution >= 4 is 0 Å². The van der Waals surface area contributed by atoms with Gasteiger partial charge in [0.15, 0.2) is 0 Å². The second-order valence-electron chi connectivity index (χ2n) is 5.10. The third-order valence-electron chi connectivity index (χ3n) is 3.68. The molecule has 0 amide bonds. The topological polar surface area (TPSA) is 29.5 Å². The van der Waals surface area contributed by atoms with Crippen molar-refractivity contribution in [3.8, 4) is 5.75 Å². The first-order chi connectivity index (χ1) is 9.74. The number of hydrogen-bond acceptors (Lipinski definition) is 2. The van der Waals surface area contributed by atoms with Gasteiger partial charge in [0.05, 0.1) is 6.61 Å². The van der Waals surface area contributed by atoms with Crippen LogP contribution >= 0.6 is 0 Å². The molecule has 0 aromatic heterocycles. The van der Waals surface area contributed by atoms with E-state index in [2.05, 4.69) is 32.0 Å². The molecule has 2 aromatic carbocycles. The van der Waals surface area contributed by atoms with E-state index in [-0.39, 0.29) is 6.61 Å². The molecule has 0 fully saturated rings. The fraction of sp³-hybridized carbons (Fsp3) is 0.333. The van der Waals surface area contributed by atoms with Gasteiger partial charge < -0.3 is 9.84 Å². The molecular formula is C18H22O2. The highest BCUT2D eigenvalue weighted by molar-refractivity contribution is 5.37. The lowest BCUT2D eigenvalue weighted by Crippen LogP contribution is -2.01. The molecule has 0 saturated carbocycles. The summed E-state index contributed by atoms with van der Waals surface area (Å²) in [6, 6.07) is 16.1. The Bertz CT molecular complexity index is 534. The van der Waals surface area contributed by atoms with E-state index < -0.39 is 0 Å². The van der Waals surface area contributed by atoms with Gasteiger partial charge >= 0.3 is 0 Å². The molecule has 0 bridgehead atoms. The Labute approximate surface area is 121 Å². The van der Waals surface area contributed by atoms with Gasteiger partial charge in [0, 0.05) is 0 Å². The van der Waals surface area contributed by atoms with E-state index in [0.29, 0.717) is 12.5 Å². The average Bonchev–Trinajstić information content (AvgIpc) is 2.52. The number of benzene rings is 2. The quantitative estimate of drug-likeness (QED) is 0.849. The molecule has 0 aliphatic carbocycles. The van der Waals surface area contributed by atoms with Crippen LogP contribution in [0.1, 0.15) is 42.9 Å². The van der Waals surface area contributed by atoms with E-state index in [1.54, 1.807) is 0 Å². The maximum absolute atomic E-state index is 9.42. The van der Waals surface area contributed by atoms with Crippen molar-refractivity contribution in [2.45, 2.75) is 39.4 Å². The molecule has 20 heavy (non-hydrogen) atoms. The molecule has 0 heterocycles. The van der Waals surface area contributed by atoms with Crippen molar-refractivity contribution < 1.29 is 9.84 Å². The van der Waals surface area contributed by atoms with Crippen molar-refractivity contribution in [2.75, 3.05) is 0 Å². The lowest BCUT2D eigenvalue weighted by Gasteiger charge is -2.16. The van der Waals surface area contributed by atoms with Gasteiger partial charge in [0.1, 0.15) is 12.4 Å². The first kappa shape index (κ1) is 14.6.